The summed E-state index contributed by atoms with van der Waals surface area (Å²) in [7, 11) is 0. The molecule has 66 valence electrons. The zero-order valence-electron chi connectivity index (χ0n) is 7.26. The van der Waals surface area contributed by atoms with Gasteiger partial charge in [-0.05, 0) is 24.0 Å². The van der Waals surface area contributed by atoms with Gasteiger partial charge in [0, 0.05) is 11.6 Å². The van der Waals surface area contributed by atoms with Gasteiger partial charge in [-0.15, -0.1) is 0 Å². The summed E-state index contributed by atoms with van der Waals surface area (Å²) in [5.41, 5.74) is 3.39. The van der Waals surface area contributed by atoms with Crippen molar-refractivity contribution in [3.8, 4) is 0 Å². The van der Waals surface area contributed by atoms with E-state index in [1.807, 2.05) is 0 Å². The summed E-state index contributed by atoms with van der Waals surface area (Å²) in [5, 5.41) is 6.36. The molecule has 1 aliphatic carbocycles. The molecule has 0 radical (unpaired) electrons. The molecule has 0 saturated heterocycles. The lowest BCUT2D eigenvalue weighted by Crippen LogP contribution is -2.13. The van der Waals surface area contributed by atoms with Crippen LogP contribution < -0.4 is 5.56 Å². The number of rotatable bonds is 0. The highest BCUT2D eigenvalue weighted by Crippen LogP contribution is 2.32. The van der Waals surface area contributed by atoms with Crippen LogP contribution in [0.4, 0.5) is 0 Å². The Morgan fingerprint density at radius 2 is 2.00 bits per heavy atom. The maximum atomic E-state index is 11.0. The first-order valence-electron chi connectivity index (χ1n) is 4.14. The highest BCUT2D eigenvalue weighted by Gasteiger charge is 2.17. The van der Waals surface area contributed by atoms with E-state index in [-0.39, 0.29) is 5.56 Å². The van der Waals surface area contributed by atoms with Gasteiger partial charge in [0.1, 0.15) is 0 Å². The van der Waals surface area contributed by atoms with Crippen LogP contribution in [0, 0.1) is 0 Å². The third kappa shape index (κ3) is 1.22. The molecule has 13 heavy (non-hydrogen) atoms. The summed E-state index contributed by atoms with van der Waals surface area (Å²) < 4.78 is 0. The van der Waals surface area contributed by atoms with Crippen molar-refractivity contribution in [2.75, 3.05) is 0 Å². The molecule has 1 aromatic rings. The van der Waals surface area contributed by atoms with Crippen LogP contribution in [0.5, 0.6) is 0 Å². The van der Waals surface area contributed by atoms with Crippen molar-refractivity contribution in [2.24, 2.45) is 0 Å². The van der Waals surface area contributed by atoms with Crippen LogP contribution in [0.1, 0.15) is 24.1 Å². The molecule has 1 N–H and O–H groups in total. The largest absolute Gasteiger partial charge is 0.268 e. The average molecular weight is 174 g/mol. The lowest BCUT2D eigenvalue weighted by atomic mass is 9.90. The minimum atomic E-state index is -0.186. The SMILES string of the molecule is C=C1CCC(=C)c2n[nH]c(=O)cc21. The van der Waals surface area contributed by atoms with E-state index >= 15 is 0 Å². The zero-order valence-corrected chi connectivity index (χ0v) is 7.26. The molecule has 1 heterocycles. The van der Waals surface area contributed by atoms with Crippen molar-refractivity contribution in [1.82, 2.24) is 10.2 Å². The highest BCUT2D eigenvalue weighted by molar-refractivity contribution is 5.80. The lowest BCUT2D eigenvalue weighted by Gasteiger charge is -2.17. The van der Waals surface area contributed by atoms with Crippen LogP contribution in [0.3, 0.4) is 0 Å². The fourth-order valence-corrected chi connectivity index (χ4v) is 1.50. The third-order valence-electron chi connectivity index (χ3n) is 2.25. The van der Waals surface area contributed by atoms with Crippen LogP contribution >= 0.6 is 0 Å². The Morgan fingerprint density at radius 3 is 2.77 bits per heavy atom. The van der Waals surface area contributed by atoms with E-state index in [2.05, 4.69) is 23.4 Å². The van der Waals surface area contributed by atoms with E-state index in [9.17, 15) is 4.79 Å². The van der Waals surface area contributed by atoms with Gasteiger partial charge in [0.2, 0.25) is 0 Å². The van der Waals surface area contributed by atoms with Gasteiger partial charge in [-0.3, -0.25) is 4.79 Å². The molecular weight excluding hydrogens is 164 g/mol. The predicted molar refractivity (Wildman–Crippen MR) is 52.2 cm³/mol. The number of nitrogens with zero attached hydrogens (tertiary/aromatic N) is 1. The molecule has 0 unspecified atom stereocenters. The van der Waals surface area contributed by atoms with E-state index in [1.54, 1.807) is 0 Å². The first-order chi connectivity index (χ1) is 6.18. The van der Waals surface area contributed by atoms with E-state index in [0.29, 0.717) is 0 Å². The summed E-state index contributed by atoms with van der Waals surface area (Å²) in [6.45, 7) is 7.79. The molecule has 0 aliphatic heterocycles. The zero-order chi connectivity index (χ0) is 9.42. The summed E-state index contributed by atoms with van der Waals surface area (Å²) in [5.74, 6) is 0. The molecule has 1 aliphatic rings. The summed E-state index contributed by atoms with van der Waals surface area (Å²) >= 11 is 0. The Morgan fingerprint density at radius 1 is 1.31 bits per heavy atom. The molecular formula is C10H10N2O. The van der Waals surface area contributed by atoms with Crippen molar-refractivity contribution in [3.05, 3.63) is 40.8 Å². The van der Waals surface area contributed by atoms with Crippen LogP contribution in [0.15, 0.2) is 24.0 Å². The van der Waals surface area contributed by atoms with Gasteiger partial charge < -0.3 is 0 Å². The van der Waals surface area contributed by atoms with Crippen LogP contribution in [-0.4, -0.2) is 10.2 Å². The van der Waals surface area contributed by atoms with Crippen molar-refractivity contribution < 1.29 is 0 Å². The normalized spacial score (nSPS) is 15.7. The molecule has 3 nitrogen and oxygen atoms in total. The van der Waals surface area contributed by atoms with Crippen molar-refractivity contribution in [1.29, 1.82) is 0 Å². The number of hydrogen-bond acceptors (Lipinski definition) is 2. The number of nitrogens with one attached hydrogen (secondary N) is 1. The average Bonchev–Trinajstić information content (AvgIpc) is 2.12. The molecule has 0 bridgehead atoms. The Kier molecular flexibility index (Phi) is 1.65. The monoisotopic (exact) mass is 174 g/mol. The standard InChI is InChI=1S/C10H10N2O/c1-6-3-4-7(2)10-8(6)5-9(13)11-12-10/h5H,1-4H2,(H,11,13). The number of aromatic nitrogens is 2. The second kappa shape index (κ2) is 2.69. The molecule has 0 aromatic carbocycles. The van der Waals surface area contributed by atoms with Gasteiger partial charge in [0.15, 0.2) is 0 Å². The maximum absolute atomic E-state index is 11.0. The first kappa shape index (κ1) is 7.98. The van der Waals surface area contributed by atoms with Gasteiger partial charge >= 0.3 is 0 Å². The van der Waals surface area contributed by atoms with E-state index in [1.165, 1.54) is 6.07 Å². The summed E-state index contributed by atoms with van der Waals surface area (Å²) in [6, 6.07) is 1.54. The van der Waals surface area contributed by atoms with Crippen LogP contribution in [0.2, 0.25) is 0 Å². The predicted octanol–water partition coefficient (Wildman–Crippen LogP) is 1.59. The van der Waals surface area contributed by atoms with Gasteiger partial charge in [-0.25, -0.2) is 5.10 Å². The number of aromatic amines is 1. The molecule has 3 heteroatoms. The van der Waals surface area contributed by atoms with E-state index in [0.717, 1.165) is 35.2 Å². The molecule has 0 fully saturated rings. The fourth-order valence-electron chi connectivity index (χ4n) is 1.50. The minimum Gasteiger partial charge on any atom is -0.268 e. The first-order valence-corrected chi connectivity index (χ1v) is 4.14. The number of hydrogen-bond donors (Lipinski definition) is 1. The molecule has 0 amide bonds. The Labute approximate surface area is 75.8 Å². The van der Waals surface area contributed by atoms with Gasteiger partial charge in [0.05, 0.1) is 5.69 Å². The molecule has 0 saturated carbocycles. The molecule has 1 aromatic heterocycles. The smallest absolute Gasteiger partial charge is 0.264 e. The Bertz CT molecular complexity index is 442. The third-order valence-corrected chi connectivity index (χ3v) is 2.25. The van der Waals surface area contributed by atoms with E-state index < -0.39 is 0 Å². The van der Waals surface area contributed by atoms with Crippen molar-refractivity contribution >= 4 is 11.1 Å². The number of allylic oxidation sites excluding steroid dienone is 2. The lowest BCUT2D eigenvalue weighted by molar-refractivity contribution is 0.925. The molecule has 0 atom stereocenters. The minimum absolute atomic E-state index is 0.186. The van der Waals surface area contributed by atoms with E-state index in [4.69, 9.17) is 0 Å². The Hall–Kier alpha value is -1.64. The maximum Gasteiger partial charge on any atom is 0.264 e. The van der Waals surface area contributed by atoms with Crippen LogP contribution in [-0.2, 0) is 0 Å². The molecule has 0 spiro atoms. The summed E-state index contributed by atoms with van der Waals surface area (Å²) in [6.07, 6.45) is 1.75. The molecule has 2 rings (SSSR count). The van der Waals surface area contributed by atoms with Crippen LogP contribution in [0.25, 0.3) is 11.1 Å². The fraction of sp³-hybridized carbons (Fsp3) is 0.200. The second-order valence-electron chi connectivity index (χ2n) is 3.20. The van der Waals surface area contributed by atoms with Gasteiger partial charge in [-0.1, -0.05) is 13.2 Å². The second-order valence-corrected chi connectivity index (χ2v) is 3.20. The number of fused-ring (bicyclic) bond motifs is 1. The topological polar surface area (TPSA) is 45.8 Å². The summed E-state index contributed by atoms with van der Waals surface area (Å²) in [4.78, 5) is 11.0. The number of H-pyrrole nitrogens is 1. The van der Waals surface area contributed by atoms with Gasteiger partial charge in [-0.2, -0.15) is 5.10 Å². The van der Waals surface area contributed by atoms with Crippen molar-refractivity contribution in [2.45, 2.75) is 12.8 Å². The van der Waals surface area contributed by atoms with Crippen molar-refractivity contribution in [3.63, 3.8) is 0 Å². The van der Waals surface area contributed by atoms with Gasteiger partial charge in [0.25, 0.3) is 5.56 Å². The Balaban J connectivity index is 2.70. The highest BCUT2D eigenvalue weighted by atomic mass is 16.1. The quantitative estimate of drug-likeness (QED) is 0.649.